The predicted octanol–water partition coefficient (Wildman–Crippen LogP) is 2.03. The van der Waals surface area contributed by atoms with Crippen molar-refractivity contribution in [1.82, 2.24) is 5.32 Å². The minimum atomic E-state index is 0. The second-order valence-electron chi connectivity index (χ2n) is 4.47. The van der Waals surface area contributed by atoms with E-state index in [1.165, 1.54) is 0 Å². The topological polar surface area (TPSA) is 49.0 Å². The Morgan fingerprint density at radius 2 is 1.55 bits per heavy atom. The summed E-state index contributed by atoms with van der Waals surface area (Å²) in [6.07, 6.45) is 1.04. The summed E-state index contributed by atoms with van der Waals surface area (Å²) in [6.45, 7) is 6.26. The van der Waals surface area contributed by atoms with E-state index in [0.29, 0.717) is 26.4 Å². The summed E-state index contributed by atoms with van der Waals surface area (Å²) in [5, 5.41) is 3.31. The zero-order chi connectivity index (χ0) is 15.3. The molecule has 1 aromatic carbocycles. The van der Waals surface area contributed by atoms with Crippen molar-refractivity contribution in [1.29, 1.82) is 0 Å². The summed E-state index contributed by atoms with van der Waals surface area (Å²) < 4.78 is 21.5. The molecule has 0 saturated heterocycles. The van der Waals surface area contributed by atoms with Gasteiger partial charge in [0.2, 0.25) is 0 Å². The number of ether oxygens (including phenoxy) is 4. The van der Waals surface area contributed by atoms with E-state index in [-0.39, 0.29) is 21.1 Å². The van der Waals surface area contributed by atoms with Gasteiger partial charge in [-0.1, -0.05) is 12.5 Å². The van der Waals surface area contributed by atoms with Crippen molar-refractivity contribution in [3.63, 3.8) is 0 Å². The Balaban J connectivity index is 0.00000441. The first-order chi connectivity index (χ1) is 10.3. The molecular formula is C16H26NO4W-. The summed E-state index contributed by atoms with van der Waals surface area (Å²) in [5.41, 5.74) is 0.991. The van der Waals surface area contributed by atoms with Gasteiger partial charge in [0.25, 0.3) is 0 Å². The van der Waals surface area contributed by atoms with Crippen LogP contribution < -0.4 is 14.8 Å². The Kier molecular flexibility index (Phi) is 13.6. The molecule has 0 saturated carbocycles. The quantitative estimate of drug-likeness (QED) is 0.367. The van der Waals surface area contributed by atoms with Gasteiger partial charge < -0.3 is 24.3 Å². The van der Waals surface area contributed by atoms with Crippen LogP contribution in [0.25, 0.3) is 0 Å². The van der Waals surface area contributed by atoms with Crippen LogP contribution in [0.3, 0.4) is 0 Å². The Bertz CT molecular complexity index is 368. The van der Waals surface area contributed by atoms with Gasteiger partial charge in [-0.05, 0) is 6.42 Å². The molecule has 22 heavy (non-hydrogen) atoms. The van der Waals surface area contributed by atoms with Gasteiger partial charge >= 0.3 is 0 Å². The fourth-order valence-electron chi connectivity index (χ4n) is 1.85. The van der Waals surface area contributed by atoms with Gasteiger partial charge in [-0.3, -0.25) is 0 Å². The summed E-state index contributed by atoms with van der Waals surface area (Å²) in [4.78, 5) is 0. The van der Waals surface area contributed by atoms with Crippen molar-refractivity contribution in [2.24, 2.45) is 0 Å². The standard InChI is InChI=1S/C16H26NO4.W/c1-4-9-20-11-12-21-10-8-17-13-14-15(18-2)6-5-7-16(14)19-3;/h6-7,17H,4,8-13H2,1-3H3;/q-1;. The second-order valence-corrected chi connectivity index (χ2v) is 4.47. The molecule has 0 bridgehead atoms. The summed E-state index contributed by atoms with van der Waals surface area (Å²) in [6, 6.07) is 6.60. The maximum atomic E-state index is 5.48. The average Bonchev–Trinajstić information content (AvgIpc) is 2.53. The van der Waals surface area contributed by atoms with Crippen molar-refractivity contribution >= 4 is 0 Å². The first-order valence-electron chi connectivity index (χ1n) is 7.30. The van der Waals surface area contributed by atoms with Gasteiger partial charge in [0.05, 0.1) is 34.0 Å². The van der Waals surface area contributed by atoms with E-state index in [2.05, 4.69) is 18.3 Å². The van der Waals surface area contributed by atoms with Gasteiger partial charge in [0.1, 0.15) is 0 Å². The number of hydrogen-bond acceptors (Lipinski definition) is 5. The minimum Gasteiger partial charge on any atom is -0.554 e. The monoisotopic (exact) mass is 480 g/mol. The summed E-state index contributed by atoms with van der Waals surface area (Å²) >= 11 is 0. The van der Waals surface area contributed by atoms with Crippen LogP contribution in [-0.4, -0.2) is 47.2 Å². The van der Waals surface area contributed by atoms with E-state index in [9.17, 15) is 0 Å². The normalized spacial score (nSPS) is 10.1. The summed E-state index contributed by atoms with van der Waals surface area (Å²) in [5.74, 6) is 1.55. The van der Waals surface area contributed by atoms with Crippen LogP contribution >= 0.6 is 0 Å². The molecule has 0 amide bonds. The largest absolute Gasteiger partial charge is 0.554 e. The first kappa shape index (κ1) is 21.4. The van der Waals surface area contributed by atoms with Crippen LogP contribution in [-0.2, 0) is 37.1 Å². The fraction of sp³-hybridized carbons (Fsp3) is 0.625. The van der Waals surface area contributed by atoms with Gasteiger partial charge in [-0.15, -0.1) is 12.1 Å². The molecule has 1 rings (SSSR count). The van der Waals surface area contributed by atoms with Crippen LogP contribution in [0.5, 0.6) is 11.5 Å². The predicted molar refractivity (Wildman–Crippen MR) is 82.0 cm³/mol. The number of methoxy groups -OCH3 is 2. The smallest absolute Gasteiger partial charge is 0.0701 e. The molecule has 0 heterocycles. The van der Waals surface area contributed by atoms with Crippen molar-refractivity contribution < 1.29 is 40.0 Å². The van der Waals surface area contributed by atoms with Crippen LogP contribution in [0.1, 0.15) is 18.9 Å². The maximum absolute atomic E-state index is 5.48. The zero-order valence-electron chi connectivity index (χ0n) is 13.6. The molecular weight excluding hydrogens is 454 g/mol. The van der Waals surface area contributed by atoms with E-state index in [4.69, 9.17) is 18.9 Å². The molecule has 5 nitrogen and oxygen atoms in total. The number of hydrogen-bond donors (Lipinski definition) is 1. The Hall–Kier alpha value is -0.612. The molecule has 6 heteroatoms. The molecule has 0 aliphatic carbocycles. The SMILES string of the molecule is CCCOCCOCCNCc1c(OC)c[c-]cc1OC.[W]. The number of nitrogens with one attached hydrogen (secondary N) is 1. The third-order valence-corrected chi connectivity index (χ3v) is 2.91. The van der Waals surface area contributed by atoms with Crippen molar-refractivity contribution in [3.05, 3.63) is 23.8 Å². The third kappa shape index (κ3) is 8.13. The summed E-state index contributed by atoms with van der Waals surface area (Å²) in [7, 11) is 3.29. The Labute approximate surface area is 147 Å². The van der Waals surface area contributed by atoms with Crippen LogP contribution in [0.2, 0.25) is 0 Å². The molecule has 0 aromatic heterocycles. The van der Waals surface area contributed by atoms with Crippen LogP contribution in [0, 0.1) is 6.07 Å². The Morgan fingerprint density at radius 3 is 2.09 bits per heavy atom. The first-order valence-corrected chi connectivity index (χ1v) is 7.30. The van der Waals surface area contributed by atoms with E-state index in [0.717, 1.165) is 36.6 Å². The maximum Gasteiger partial charge on any atom is 0.0701 e. The number of benzene rings is 1. The molecule has 1 aromatic rings. The molecule has 0 radical (unpaired) electrons. The van der Waals surface area contributed by atoms with Crippen LogP contribution in [0.15, 0.2) is 12.1 Å². The Morgan fingerprint density at radius 1 is 0.955 bits per heavy atom. The zero-order valence-corrected chi connectivity index (χ0v) is 16.6. The molecule has 126 valence electrons. The van der Waals surface area contributed by atoms with E-state index in [1.807, 2.05) is 0 Å². The van der Waals surface area contributed by atoms with Crippen molar-refractivity contribution in [2.75, 3.05) is 47.2 Å². The minimum absolute atomic E-state index is 0. The van der Waals surface area contributed by atoms with Gasteiger partial charge in [-0.25, -0.2) is 0 Å². The molecule has 0 unspecified atom stereocenters. The molecule has 0 atom stereocenters. The van der Waals surface area contributed by atoms with Gasteiger partial charge in [0, 0.05) is 52.3 Å². The molecule has 0 aliphatic heterocycles. The molecule has 0 fully saturated rings. The van der Waals surface area contributed by atoms with Gasteiger partial charge in [0.15, 0.2) is 0 Å². The fourth-order valence-corrected chi connectivity index (χ4v) is 1.85. The molecule has 0 spiro atoms. The van der Waals surface area contributed by atoms with Crippen LogP contribution in [0.4, 0.5) is 0 Å². The average molecular weight is 480 g/mol. The van der Waals surface area contributed by atoms with E-state index >= 15 is 0 Å². The third-order valence-electron chi connectivity index (χ3n) is 2.91. The molecule has 0 aliphatic rings. The van der Waals surface area contributed by atoms with E-state index < -0.39 is 0 Å². The van der Waals surface area contributed by atoms with Crippen molar-refractivity contribution in [3.8, 4) is 11.5 Å². The van der Waals surface area contributed by atoms with Crippen molar-refractivity contribution in [2.45, 2.75) is 19.9 Å². The van der Waals surface area contributed by atoms with Gasteiger partial charge in [-0.2, -0.15) is 6.07 Å². The molecule has 1 N–H and O–H groups in total. The van der Waals surface area contributed by atoms with E-state index in [1.54, 1.807) is 26.4 Å². The second kappa shape index (κ2) is 14.0. The number of rotatable bonds is 12.